The monoisotopic (exact) mass is 744 g/mol. The van der Waals surface area contributed by atoms with Gasteiger partial charge in [0.1, 0.15) is 11.5 Å². The third-order valence-electron chi connectivity index (χ3n) is 11.2. The highest BCUT2D eigenvalue weighted by Gasteiger charge is 2.32. The maximum Gasteiger partial charge on any atom is 0.264 e. The van der Waals surface area contributed by atoms with E-state index in [-0.39, 0.29) is 18.0 Å². The number of carbonyl (C=O) groups excluding carboxylic acids is 2. The number of rotatable bonds is 6. The molecule has 53 heavy (non-hydrogen) atoms. The molecule has 0 amide bonds. The van der Waals surface area contributed by atoms with Crippen molar-refractivity contribution in [2.45, 2.75) is 119 Å². The molecule has 2 aliphatic rings. The lowest BCUT2D eigenvalue weighted by Crippen LogP contribution is -2.30. The van der Waals surface area contributed by atoms with Crippen molar-refractivity contribution in [3.63, 3.8) is 0 Å². The molecule has 0 heterocycles. The summed E-state index contributed by atoms with van der Waals surface area (Å²) in [4.78, 5) is 22.5. The highest BCUT2D eigenvalue weighted by Crippen LogP contribution is 2.41. The highest BCUT2D eigenvalue weighted by atomic mass is 32.2. The molecule has 288 valence electrons. The average molecular weight is 745 g/mol. The largest absolute Gasteiger partial charge is 0.507 e. The van der Waals surface area contributed by atoms with E-state index in [1.165, 1.54) is 12.8 Å². The Morgan fingerprint density at radius 2 is 1.02 bits per heavy atom. The highest BCUT2D eigenvalue weighted by molar-refractivity contribution is 7.86. The van der Waals surface area contributed by atoms with Crippen molar-refractivity contribution in [2.75, 3.05) is 6.26 Å². The number of hydrogen-bond donors (Lipinski definition) is 1. The number of carbonyl (C=O) groups is 2. The maximum atomic E-state index is 11.7. The Balaban J connectivity index is 0.000000188. The number of aryl methyl sites for hydroxylation is 2. The fourth-order valence-electron chi connectivity index (χ4n) is 7.95. The number of aromatic hydroxyl groups is 1. The molecule has 0 aromatic heterocycles. The molecule has 7 nitrogen and oxygen atoms in total. The first kappa shape index (κ1) is 42.0. The van der Waals surface area contributed by atoms with Gasteiger partial charge in [0.05, 0.1) is 29.6 Å². The lowest BCUT2D eigenvalue weighted by atomic mass is 9.72. The lowest BCUT2D eigenvalue weighted by Gasteiger charge is -2.37. The zero-order valence-electron chi connectivity index (χ0n) is 33.2. The zero-order chi connectivity index (χ0) is 39.1. The first-order valence-electron chi connectivity index (χ1n) is 19.0. The number of aldehydes is 2. The van der Waals surface area contributed by atoms with Gasteiger partial charge in [0, 0.05) is 0 Å². The molecule has 1 N–H and O–H groups in total. The third-order valence-corrected chi connectivity index (χ3v) is 11.8. The quantitative estimate of drug-likeness (QED) is 0.155. The maximum absolute atomic E-state index is 11.7. The van der Waals surface area contributed by atoms with Crippen LogP contribution in [0.4, 0.5) is 0 Å². The number of phenols is 1. The second-order valence-electron chi connectivity index (χ2n) is 17.2. The lowest BCUT2D eigenvalue weighted by molar-refractivity contribution is 0.0871. The molecule has 0 atom stereocenters. The first-order valence-corrected chi connectivity index (χ1v) is 20.8. The van der Waals surface area contributed by atoms with Gasteiger partial charge in [0.15, 0.2) is 12.6 Å². The van der Waals surface area contributed by atoms with E-state index in [4.69, 9.17) is 8.92 Å². The molecule has 8 heteroatoms. The molecule has 6 rings (SSSR count). The van der Waals surface area contributed by atoms with Gasteiger partial charge >= 0.3 is 0 Å². The molecule has 4 aromatic carbocycles. The van der Waals surface area contributed by atoms with Gasteiger partial charge in [-0.25, -0.2) is 0 Å². The number of ether oxygens (including phenoxy) is 1. The molecule has 2 aliphatic carbocycles. The molecule has 2 fully saturated rings. The number of benzene rings is 4. The molecule has 0 aliphatic heterocycles. The van der Waals surface area contributed by atoms with Gasteiger partial charge in [-0.1, -0.05) is 90.1 Å². The minimum atomic E-state index is -3.28. The van der Waals surface area contributed by atoms with Crippen LogP contribution in [0.15, 0.2) is 60.7 Å². The minimum Gasteiger partial charge on any atom is -0.507 e. The predicted molar refractivity (Wildman–Crippen MR) is 217 cm³/mol. The summed E-state index contributed by atoms with van der Waals surface area (Å²) in [5.41, 5.74) is 3.90. The molecule has 0 radical (unpaired) electrons. The van der Waals surface area contributed by atoms with Crippen molar-refractivity contribution < 1.29 is 32.0 Å². The normalized spacial score (nSPS) is 20.8. The van der Waals surface area contributed by atoms with Crippen LogP contribution in [-0.2, 0) is 14.3 Å². The van der Waals surface area contributed by atoms with Crippen LogP contribution < -0.4 is 4.74 Å². The van der Waals surface area contributed by atoms with Gasteiger partial charge in [0.25, 0.3) is 10.1 Å². The van der Waals surface area contributed by atoms with Gasteiger partial charge < -0.3 is 9.84 Å². The molecule has 4 aromatic rings. The molecule has 0 saturated heterocycles. The van der Waals surface area contributed by atoms with E-state index >= 15 is 0 Å². The Labute approximate surface area is 317 Å². The van der Waals surface area contributed by atoms with Crippen LogP contribution in [0.3, 0.4) is 0 Å². The van der Waals surface area contributed by atoms with E-state index in [0.717, 1.165) is 95.4 Å². The molecule has 2 saturated carbocycles. The standard InChI is InChI=1S/C22H28O2.C12H10O2.C11H22O3S/c1-15-13-21(20(14-23)19-8-6-5-7-18(15)19)24-17-11-9-16(10-12-17)22(2,3)4;1-8-6-12(14)11(7-13)10-5-3-2-4-9(8)10;1-11(2,3)9-5-7-10(8-6-9)14-15(4,12)13/h5-8,13-14,16-17H,9-12H2,1-4H3;2-7,14H,1H3;9-10H,5-8H2,1-4H3. The Kier molecular flexibility index (Phi) is 13.9. The van der Waals surface area contributed by atoms with E-state index in [2.05, 4.69) is 54.5 Å². The van der Waals surface area contributed by atoms with Crippen LogP contribution >= 0.6 is 0 Å². The van der Waals surface area contributed by atoms with Crippen LogP contribution in [0.25, 0.3) is 21.5 Å². The summed E-state index contributed by atoms with van der Waals surface area (Å²) >= 11 is 0. The summed E-state index contributed by atoms with van der Waals surface area (Å²) in [7, 11) is -3.28. The van der Waals surface area contributed by atoms with E-state index in [1.54, 1.807) is 6.07 Å². The van der Waals surface area contributed by atoms with Crippen LogP contribution in [0.1, 0.15) is 125 Å². The summed E-state index contributed by atoms with van der Waals surface area (Å²) in [5.74, 6) is 2.26. The summed E-state index contributed by atoms with van der Waals surface area (Å²) in [6.07, 6.45) is 11.4. The Morgan fingerprint density at radius 1 is 0.623 bits per heavy atom. The van der Waals surface area contributed by atoms with Crippen molar-refractivity contribution in [1.29, 1.82) is 0 Å². The van der Waals surface area contributed by atoms with E-state index in [9.17, 15) is 23.1 Å². The average Bonchev–Trinajstić information content (AvgIpc) is 3.08. The van der Waals surface area contributed by atoms with E-state index < -0.39 is 10.1 Å². The Bertz CT molecular complexity index is 1970. The van der Waals surface area contributed by atoms with E-state index in [0.29, 0.717) is 34.2 Å². The van der Waals surface area contributed by atoms with Crippen molar-refractivity contribution in [2.24, 2.45) is 22.7 Å². The zero-order valence-corrected chi connectivity index (χ0v) is 34.0. The summed E-state index contributed by atoms with van der Waals surface area (Å²) in [6.45, 7) is 17.7. The molecular weight excluding hydrogens is 685 g/mol. The van der Waals surface area contributed by atoms with Gasteiger partial charge in [-0.3, -0.25) is 13.8 Å². The molecule has 0 spiro atoms. The second-order valence-corrected chi connectivity index (χ2v) is 18.8. The summed E-state index contributed by atoms with van der Waals surface area (Å²) in [6, 6.07) is 19.3. The van der Waals surface area contributed by atoms with Gasteiger partial charge in [0.2, 0.25) is 0 Å². The number of phenolic OH excluding ortho intramolecular Hbond substituents is 1. The van der Waals surface area contributed by atoms with Crippen molar-refractivity contribution in [1.82, 2.24) is 0 Å². The summed E-state index contributed by atoms with van der Waals surface area (Å²) < 4.78 is 33.2. The van der Waals surface area contributed by atoms with Gasteiger partial charge in [-0.2, -0.15) is 8.42 Å². The van der Waals surface area contributed by atoms with Crippen LogP contribution in [0.5, 0.6) is 11.5 Å². The Morgan fingerprint density at radius 3 is 1.43 bits per heavy atom. The predicted octanol–water partition coefficient (Wildman–Crippen LogP) is 11.2. The molecule has 0 unspecified atom stereocenters. The summed E-state index contributed by atoms with van der Waals surface area (Å²) in [5, 5.41) is 13.5. The number of hydrogen-bond acceptors (Lipinski definition) is 7. The van der Waals surface area contributed by atoms with Crippen molar-refractivity contribution in [3.8, 4) is 11.5 Å². The fourth-order valence-corrected chi connectivity index (χ4v) is 8.64. The Hall–Kier alpha value is -3.75. The van der Waals surface area contributed by atoms with Gasteiger partial charge in [-0.05, 0) is 133 Å². The van der Waals surface area contributed by atoms with Crippen LogP contribution in [0.2, 0.25) is 0 Å². The van der Waals surface area contributed by atoms with Crippen molar-refractivity contribution in [3.05, 3.63) is 82.9 Å². The number of fused-ring (bicyclic) bond motifs is 2. The van der Waals surface area contributed by atoms with Crippen LogP contribution in [-0.4, -0.2) is 44.6 Å². The first-order chi connectivity index (χ1) is 24.8. The topological polar surface area (TPSA) is 107 Å². The molecular formula is C45H60O7S. The SMILES string of the molecule is CC(C)(C)C1CCC(OS(C)(=O)=O)CC1.Cc1cc(O)c(C=O)c2ccccc12.Cc1cc(OC2CCC(C(C)(C)C)CC2)c(C=O)c2ccccc12. The van der Waals surface area contributed by atoms with Crippen LogP contribution in [0, 0.1) is 36.5 Å². The minimum absolute atomic E-state index is 0.0520. The molecule has 0 bridgehead atoms. The smallest absolute Gasteiger partial charge is 0.264 e. The third kappa shape index (κ3) is 11.4. The van der Waals surface area contributed by atoms with Crippen molar-refractivity contribution >= 4 is 44.2 Å². The van der Waals surface area contributed by atoms with E-state index in [1.807, 2.05) is 55.5 Å². The fraction of sp³-hybridized carbons (Fsp3) is 0.511. The second kappa shape index (κ2) is 17.6. The van der Waals surface area contributed by atoms with Gasteiger partial charge in [-0.15, -0.1) is 0 Å².